The molecule has 1 N–H and O–H groups in total. The van der Waals surface area contributed by atoms with Gasteiger partial charge in [0, 0.05) is 24.0 Å². The van der Waals surface area contributed by atoms with Crippen molar-refractivity contribution >= 4 is 15.8 Å². The van der Waals surface area contributed by atoms with E-state index >= 15 is 0 Å². The standard InChI is InChI=1S/C6H5NO5S.C6H7N/c8-7(9)5-2-1-3-6(4-5)13(10,11)12;1-6-4-2-3-5-7-6/h1-4H,(H,10,11,12);2-5H,1H3. The topological polar surface area (TPSA) is 110 Å². The average Bonchev–Trinajstić information content (AvgIpc) is 2.39. The molecule has 2 aromatic rings. The van der Waals surface area contributed by atoms with Crippen LogP contribution in [-0.4, -0.2) is 22.9 Å². The molecule has 1 aromatic heterocycles. The third-order valence-corrected chi connectivity index (χ3v) is 2.99. The maximum absolute atomic E-state index is 10.5. The molecule has 0 saturated heterocycles. The van der Waals surface area contributed by atoms with Crippen LogP contribution in [-0.2, 0) is 10.1 Å². The molecule has 7 nitrogen and oxygen atoms in total. The molecule has 8 heteroatoms. The summed E-state index contributed by atoms with van der Waals surface area (Å²) in [4.78, 5) is 13.0. The normalized spacial score (nSPS) is 10.3. The van der Waals surface area contributed by atoms with Crippen LogP contribution in [0.3, 0.4) is 0 Å². The number of non-ortho nitro benzene ring substituents is 1. The summed E-state index contributed by atoms with van der Waals surface area (Å²) in [7, 11) is -4.36. The summed E-state index contributed by atoms with van der Waals surface area (Å²) in [5.74, 6) is 0. The van der Waals surface area contributed by atoms with Crippen molar-refractivity contribution in [2.24, 2.45) is 0 Å². The molecule has 0 fully saturated rings. The lowest BCUT2D eigenvalue weighted by molar-refractivity contribution is -0.385. The second-order valence-corrected chi connectivity index (χ2v) is 5.12. The molecule has 0 saturated carbocycles. The fourth-order valence-electron chi connectivity index (χ4n) is 1.21. The number of nitro groups is 1. The van der Waals surface area contributed by atoms with Crippen molar-refractivity contribution in [3.8, 4) is 0 Å². The number of aromatic nitrogens is 1. The minimum atomic E-state index is -4.36. The molecule has 0 aliphatic carbocycles. The minimum absolute atomic E-state index is 0.380. The van der Waals surface area contributed by atoms with Gasteiger partial charge in [-0.3, -0.25) is 19.7 Å². The molecule has 20 heavy (non-hydrogen) atoms. The van der Waals surface area contributed by atoms with Crippen molar-refractivity contribution in [2.75, 3.05) is 0 Å². The van der Waals surface area contributed by atoms with E-state index in [1.807, 2.05) is 25.1 Å². The van der Waals surface area contributed by atoms with Gasteiger partial charge in [-0.05, 0) is 25.1 Å². The van der Waals surface area contributed by atoms with Crippen molar-refractivity contribution in [3.05, 3.63) is 64.5 Å². The first-order valence-electron chi connectivity index (χ1n) is 5.40. The van der Waals surface area contributed by atoms with E-state index in [-0.39, 0.29) is 5.69 Å². The Balaban J connectivity index is 0.000000240. The lowest BCUT2D eigenvalue weighted by Crippen LogP contribution is -1.98. The number of aryl methyl sites for hydroxylation is 1. The van der Waals surface area contributed by atoms with Gasteiger partial charge in [0.2, 0.25) is 0 Å². The number of hydrogen-bond donors (Lipinski definition) is 1. The second kappa shape index (κ2) is 6.73. The second-order valence-electron chi connectivity index (χ2n) is 3.70. The maximum atomic E-state index is 10.5. The van der Waals surface area contributed by atoms with Crippen molar-refractivity contribution in [2.45, 2.75) is 11.8 Å². The fraction of sp³-hybridized carbons (Fsp3) is 0.0833. The SMILES string of the molecule is Cc1ccccn1.O=[N+]([O-])c1cccc(S(=O)(=O)O)c1. The van der Waals surface area contributed by atoms with Gasteiger partial charge in [0.1, 0.15) is 4.90 Å². The van der Waals surface area contributed by atoms with Crippen LogP contribution in [0.15, 0.2) is 53.6 Å². The van der Waals surface area contributed by atoms with Crippen molar-refractivity contribution in [3.63, 3.8) is 0 Å². The largest absolute Gasteiger partial charge is 0.294 e. The zero-order valence-electron chi connectivity index (χ0n) is 10.5. The predicted octanol–water partition coefficient (Wildman–Crippen LogP) is 2.23. The lowest BCUT2D eigenvalue weighted by atomic mass is 10.3. The third kappa shape index (κ3) is 5.12. The molecule has 0 bridgehead atoms. The summed E-state index contributed by atoms with van der Waals surface area (Å²) in [5, 5.41) is 10.2. The summed E-state index contributed by atoms with van der Waals surface area (Å²) in [5.41, 5.74) is 0.692. The van der Waals surface area contributed by atoms with E-state index < -0.39 is 19.9 Å². The summed E-state index contributed by atoms with van der Waals surface area (Å²) >= 11 is 0. The smallest absolute Gasteiger partial charge is 0.282 e. The lowest BCUT2D eigenvalue weighted by Gasteiger charge is -1.95. The Kier molecular flexibility index (Phi) is 5.30. The van der Waals surface area contributed by atoms with E-state index in [9.17, 15) is 18.5 Å². The molecule has 0 amide bonds. The van der Waals surface area contributed by atoms with Crippen LogP contribution in [0.4, 0.5) is 5.69 Å². The van der Waals surface area contributed by atoms with Crippen LogP contribution in [0.2, 0.25) is 0 Å². The Morgan fingerprint density at radius 3 is 2.30 bits per heavy atom. The molecule has 0 radical (unpaired) electrons. The number of benzene rings is 1. The summed E-state index contributed by atoms with van der Waals surface area (Å²) < 4.78 is 29.6. The highest BCUT2D eigenvalue weighted by Crippen LogP contribution is 2.16. The van der Waals surface area contributed by atoms with Crippen LogP contribution in [0.5, 0.6) is 0 Å². The molecule has 106 valence electrons. The predicted molar refractivity (Wildman–Crippen MR) is 71.9 cm³/mol. The van der Waals surface area contributed by atoms with E-state index in [4.69, 9.17) is 4.55 Å². The van der Waals surface area contributed by atoms with Crippen LogP contribution < -0.4 is 0 Å². The van der Waals surface area contributed by atoms with Crippen LogP contribution in [0.25, 0.3) is 0 Å². The highest BCUT2D eigenvalue weighted by atomic mass is 32.2. The molecule has 0 unspecified atom stereocenters. The van der Waals surface area contributed by atoms with Gasteiger partial charge in [-0.25, -0.2) is 0 Å². The van der Waals surface area contributed by atoms with Crippen LogP contribution in [0, 0.1) is 17.0 Å². The van der Waals surface area contributed by atoms with Crippen LogP contribution >= 0.6 is 0 Å². The number of nitrogens with zero attached hydrogens (tertiary/aromatic N) is 2. The van der Waals surface area contributed by atoms with Gasteiger partial charge in [0.25, 0.3) is 15.8 Å². The average molecular weight is 296 g/mol. The van der Waals surface area contributed by atoms with Gasteiger partial charge in [-0.15, -0.1) is 0 Å². The van der Waals surface area contributed by atoms with Gasteiger partial charge in [-0.1, -0.05) is 12.1 Å². The molecular formula is C12H12N2O5S. The van der Waals surface area contributed by atoms with E-state index in [2.05, 4.69) is 4.98 Å². The number of rotatable bonds is 2. The highest BCUT2D eigenvalue weighted by Gasteiger charge is 2.13. The Bertz CT molecular complexity index is 686. The zero-order chi connectivity index (χ0) is 15.2. The van der Waals surface area contributed by atoms with Gasteiger partial charge in [-0.2, -0.15) is 8.42 Å². The molecule has 0 spiro atoms. The quantitative estimate of drug-likeness (QED) is 0.517. The van der Waals surface area contributed by atoms with Gasteiger partial charge in [0.05, 0.1) is 4.92 Å². The summed E-state index contributed by atoms with van der Waals surface area (Å²) in [6.45, 7) is 1.97. The van der Waals surface area contributed by atoms with Gasteiger partial charge < -0.3 is 0 Å². The molecule has 0 aliphatic rings. The highest BCUT2D eigenvalue weighted by molar-refractivity contribution is 7.85. The van der Waals surface area contributed by atoms with E-state index in [0.29, 0.717) is 0 Å². The molecule has 0 atom stereocenters. The molecular weight excluding hydrogens is 284 g/mol. The van der Waals surface area contributed by atoms with Gasteiger partial charge in [0.15, 0.2) is 0 Å². The third-order valence-electron chi connectivity index (χ3n) is 2.14. The monoisotopic (exact) mass is 296 g/mol. The Labute approximate surface area is 115 Å². The van der Waals surface area contributed by atoms with E-state index in [0.717, 1.165) is 23.9 Å². The molecule has 0 aliphatic heterocycles. The molecule has 1 heterocycles. The first-order valence-corrected chi connectivity index (χ1v) is 6.84. The molecule has 2 rings (SSSR count). The molecule has 1 aromatic carbocycles. The fourth-order valence-corrected chi connectivity index (χ4v) is 1.73. The number of nitro benzene ring substituents is 1. The van der Waals surface area contributed by atoms with Crippen LogP contribution in [0.1, 0.15) is 5.69 Å². The first kappa shape index (κ1) is 15.7. The number of pyridine rings is 1. The van der Waals surface area contributed by atoms with Crippen molar-refractivity contribution in [1.82, 2.24) is 4.98 Å². The zero-order valence-corrected chi connectivity index (χ0v) is 11.3. The van der Waals surface area contributed by atoms with Crippen molar-refractivity contribution < 1.29 is 17.9 Å². The number of hydrogen-bond acceptors (Lipinski definition) is 5. The Hall–Kier alpha value is -2.32. The Morgan fingerprint density at radius 1 is 1.20 bits per heavy atom. The Morgan fingerprint density at radius 2 is 1.90 bits per heavy atom. The van der Waals surface area contributed by atoms with Crippen molar-refractivity contribution in [1.29, 1.82) is 0 Å². The van der Waals surface area contributed by atoms with Gasteiger partial charge >= 0.3 is 0 Å². The first-order chi connectivity index (χ1) is 9.30. The summed E-state index contributed by atoms with van der Waals surface area (Å²) in [6, 6.07) is 10.0. The van der Waals surface area contributed by atoms with E-state index in [1.165, 1.54) is 6.07 Å². The summed E-state index contributed by atoms with van der Waals surface area (Å²) in [6.07, 6.45) is 1.79. The maximum Gasteiger partial charge on any atom is 0.294 e. The van der Waals surface area contributed by atoms with E-state index in [1.54, 1.807) is 6.20 Å². The minimum Gasteiger partial charge on any atom is -0.282 e.